The molecule has 0 aliphatic carbocycles. The summed E-state index contributed by atoms with van der Waals surface area (Å²) in [6.07, 6.45) is 0. The summed E-state index contributed by atoms with van der Waals surface area (Å²) in [5.41, 5.74) is 0.206. The number of amides is 3. The van der Waals surface area contributed by atoms with Gasteiger partial charge in [0.2, 0.25) is 0 Å². The molecule has 1 aliphatic rings. The van der Waals surface area contributed by atoms with E-state index in [9.17, 15) is 18.8 Å². The highest BCUT2D eigenvalue weighted by atomic mass is 35.5. The fourth-order valence-corrected chi connectivity index (χ4v) is 2.97. The van der Waals surface area contributed by atoms with Gasteiger partial charge in [-0.1, -0.05) is 29.3 Å². The number of imide groups is 1. The van der Waals surface area contributed by atoms with Crippen LogP contribution in [-0.4, -0.2) is 35.7 Å². The Morgan fingerprint density at radius 2 is 1.80 bits per heavy atom. The van der Waals surface area contributed by atoms with Gasteiger partial charge in [-0.05, 0) is 30.3 Å². The Labute approximate surface area is 152 Å². The third kappa shape index (κ3) is 3.23. The van der Waals surface area contributed by atoms with E-state index >= 15 is 0 Å². The van der Waals surface area contributed by atoms with Crippen LogP contribution >= 0.6 is 23.2 Å². The number of nitrogens with zero attached hydrogens (tertiary/aromatic N) is 1. The average Bonchev–Trinajstić information content (AvgIpc) is 2.79. The molecule has 3 rings (SSSR count). The van der Waals surface area contributed by atoms with E-state index in [0.717, 1.165) is 11.0 Å². The van der Waals surface area contributed by atoms with Gasteiger partial charge in [0.25, 0.3) is 17.7 Å². The normalized spacial score (nSPS) is 13.2. The van der Waals surface area contributed by atoms with Gasteiger partial charge in [-0.3, -0.25) is 19.3 Å². The molecule has 0 saturated heterocycles. The second-order valence-electron chi connectivity index (χ2n) is 5.30. The lowest BCUT2D eigenvalue weighted by Gasteiger charge is -2.14. The second kappa shape index (κ2) is 6.82. The van der Waals surface area contributed by atoms with Gasteiger partial charge in [0.1, 0.15) is 5.82 Å². The number of hydrogen-bond donors (Lipinski definition) is 1. The summed E-state index contributed by atoms with van der Waals surface area (Å²) in [4.78, 5) is 37.6. The van der Waals surface area contributed by atoms with Crippen molar-refractivity contribution in [3.8, 4) is 0 Å². The topological polar surface area (TPSA) is 66.5 Å². The lowest BCUT2D eigenvalue weighted by molar-refractivity contribution is 0.0649. The molecule has 5 nitrogen and oxygen atoms in total. The van der Waals surface area contributed by atoms with Crippen molar-refractivity contribution in [3.05, 3.63) is 69.0 Å². The summed E-state index contributed by atoms with van der Waals surface area (Å²) in [5.74, 6) is -2.42. The number of carbonyl (C=O) groups is 3. The van der Waals surface area contributed by atoms with Gasteiger partial charge in [0.15, 0.2) is 0 Å². The Hall–Kier alpha value is -2.44. The molecule has 0 aromatic heterocycles. The Balaban J connectivity index is 1.66. The van der Waals surface area contributed by atoms with E-state index in [4.69, 9.17) is 23.2 Å². The van der Waals surface area contributed by atoms with E-state index in [1.54, 1.807) is 0 Å². The summed E-state index contributed by atoms with van der Waals surface area (Å²) in [6, 6.07) is 8.34. The second-order valence-corrected chi connectivity index (χ2v) is 6.15. The van der Waals surface area contributed by atoms with Crippen LogP contribution in [0.2, 0.25) is 10.0 Å². The van der Waals surface area contributed by atoms with Gasteiger partial charge in [-0.25, -0.2) is 4.39 Å². The first-order chi connectivity index (χ1) is 11.9. The molecule has 2 aromatic carbocycles. The predicted octanol–water partition coefficient (Wildman–Crippen LogP) is 3.16. The Bertz CT molecular complexity index is 881. The minimum Gasteiger partial charge on any atom is -0.350 e. The van der Waals surface area contributed by atoms with E-state index in [1.165, 1.54) is 30.3 Å². The van der Waals surface area contributed by atoms with E-state index in [1.807, 2.05) is 0 Å². The highest BCUT2D eigenvalue weighted by molar-refractivity contribution is 6.34. The van der Waals surface area contributed by atoms with E-state index in [-0.39, 0.29) is 34.8 Å². The van der Waals surface area contributed by atoms with Crippen LogP contribution in [-0.2, 0) is 0 Å². The van der Waals surface area contributed by atoms with Gasteiger partial charge < -0.3 is 5.32 Å². The van der Waals surface area contributed by atoms with Crippen LogP contribution in [0.25, 0.3) is 0 Å². The molecule has 0 fully saturated rings. The van der Waals surface area contributed by atoms with E-state index in [2.05, 4.69) is 5.32 Å². The first-order valence-electron chi connectivity index (χ1n) is 7.28. The lowest BCUT2D eigenvalue weighted by atomic mass is 10.1. The molecule has 0 radical (unpaired) electrons. The Morgan fingerprint density at radius 1 is 1.08 bits per heavy atom. The zero-order valence-electron chi connectivity index (χ0n) is 12.7. The lowest BCUT2D eigenvalue weighted by Crippen LogP contribution is -2.38. The van der Waals surface area contributed by atoms with Gasteiger partial charge in [-0.15, -0.1) is 0 Å². The van der Waals surface area contributed by atoms with Crippen LogP contribution in [0, 0.1) is 5.82 Å². The van der Waals surface area contributed by atoms with E-state index in [0.29, 0.717) is 5.02 Å². The van der Waals surface area contributed by atoms with Gasteiger partial charge in [-0.2, -0.15) is 0 Å². The van der Waals surface area contributed by atoms with Crippen LogP contribution in [0.4, 0.5) is 4.39 Å². The SMILES string of the molecule is O=C(NCCN1C(=O)c2ccc(Cl)cc2C1=O)c1c(F)cccc1Cl. The standard InChI is InChI=1S/C17H11Cl2FN2O3/c18-9-4-5-10-11(8-9)17(25)22(16(10)24)7-6-21-15(23)14-12(19)2-1-3-13(14)20/h1-5,8H,6-7H2,(H,21,23). The maximum atomic E-state index is 13.7. The van der Waals surface area contributed by atoms with Crippen molar-refractivity contribution in [2.75, 3.05) is 13.1 Å². The molecule has 0 atom stereocenters. The van der Waals surface area contributed by atoms with Crippen LogP contribution in [0.1, 0.15) is 31.1 Å². The zero-order chi connectivity index (χ0) is 18.1. The molecule has 1 heterocycles. The Morgan fingerprint density at radius 3 is 2.52 bits per heavy atom. The number of halogens is 3. The van der Waals surface area contributed by atoms with Crippen molar-refractivity contribution in [2.45, 2.75) is 0 Å². The number of fused-ring (bicyclic) bond motifs is 1. The number of nitrogens with one attached hydrogen (secondary N) is 1. The quantitative estimate of drug-likeness (QED) is 0.828. The third-order valence-corrected chi connectivity index (χ3v) is 4.29. The fourth-order valence-electron chi connectivity index (χ4n) is 2.55. The van der Waals surface area contributed by atoms with E-state index < -0.39 is 23.5 Å². The average molecular weight is 381 g/mol. The zero-order valence-corrected chi connectivity index (χ0v) is 14.2. The van der Waals surface area contributed by atoms with Crippen molar-refractivity contribution in [3.63, 3.8) is 0 Å². The molecule has 128 valence electrons. The molecule has 25 heavy (non-hydrogen) atoms. The van der Waals surface area contributed by atoms with Crippen LogP contribution in [0.3, 0.4) is 0 Å². The van der Waals surface area contributed by atoms with Gasteiger partial charge in [0.05, 0.1) is 21.7 Å². The largest absolute Gasteiger partial charge is 0.350 e. The molecule has 0 saturated carbocycles. The molecule has 8 heteroatoms. The molecule has 0 bridgehead atoms. The summed E-state index contributed by atoms with van der Waals surface area (Å²) in [5, 5.41) is 2.78. The molecule has 2 aromatic rings. The third-order valence-electron chi connectivity index (χ3n) is 3.74. The summed E-state index contributed by atoms with van der Waals surface area (Å²) in [7, 11) is 0. The molecule has 1 N–H and O–H groups in total. The number of benzene rings is 2. The maximum absolute atomic E-state index is 13.7. The molecule has 1 aliphatic heterocycles. The predicted molar refractivity (Wildman–Crippen MR) is 90.6 cm³/mol. The fraction of sp³-hybridized carbons (Fsp3) is 0.118. The Kier molecular flexibility index (Phi) is 4.74. The molecule has 0 spiro atoms. The smallest absolute Gasteiger partial charge is 0.261 e. The van der Waals surface area contributed by atoms with Crippen molar-refractivity contribution in [1.82, 2.24) is 10.2 Å². The van der Waals surface area contributed by atoms with Gasteiger partial charge >= 0.3 is 0 Å². The van der Waals surface area contributed by atoms with Gasteiger partial charge in [0, 0.05) is 18.1 Å². The van der Waals surface area contributed by atoms with Crippen molar-refractivity contribution in [2.24, 2.45) is 0 Å². The first-order valence-corrected chi connectivity index (χ1v) is 8.03. The molecular weight excluding hydrogens is 370 g/mol. The summed E-state index contributed by atoms with van der Waals surface area (Å²) in [6.45, 7) is -0.0928. The number of rotatable bonds is 4. The van der Waals surface area contributed by atoms with Crippen molar-refractivity contribution < 1.29 is 18.8 Å². The molecule has 3 amide bonds. The minimum absolute atomic E-state index is 0.0205. The highest BCUT2D eigenvalue weighted by Gasteiger charge is 2.35. The van der Waals surface area contributed by atoms with Crippen LogP contribution in [0.15, 0.2) is 36.4 Å². The van der Waals surface area contributed by atoms with Crippen LogP contribution in [0.5, 0.6) is 0 Å². The first kappa shape index (κ1) is 17.4. The van der Waals surface area contributed by atoms with Crippen molar-refractivity contribution in [1.29, 1.82) is 0 Å². The summed E-state index contributed by atoms with van der Waals surface area (Å²) < 4.78 is 13.7. The number of hydrogen-bond acceptors (Lipinski definition) is 3. The monoisotopic (exact) mass is 380 g/mol. The molecule has 0 unspecified atom stereocenters. The maximum Gasteiger partial charge on any atom is 0.261 e. The van der Waals surface area contributed by atoms with Crippen LogP contribution < -0.4 is 5.32 Å². The summed E-state index contributed by atoms with van der Waals surface area (Å²) >= 11 is 11.7. The highest BCUT2D eigenvalue weighted by Crippen LogP contribution is 2.25. The molecular formula is C17H11Cl2FN2O3. The number of carbonyl (C=O) groups excluding carboxylic acids is 3. The van der Waals surface area contributed by atoms with Crippen molar-refractivity contribution >= 4 is 40.9 Å². The minimum atomic E-state index is -0.750.